The molecule has 34 heavy (non-hydrogen) atoms. The highest BCUT2D eigenvalue weighted by molar-refractivity contribution is 7.18. The molecular weight excluding hydrogens is 461 g/mol. The lowest BCUT2D eigenvalue weighted by molar-refractivity contribution is -0.126. The monoisotopic (exact) mass is 484 g/mol. The van der Waals surface area contributed by atoms with Crippen LogP contribution in [0, 0.1) is 5.41 Å². The Balaban J connectivity index is 1.10. The summed E-state index contributed by atoms with van der Waals surface area (Å²) < 4.78 is 38.5. The second-order valence-electron chi connectivity index (χ2n) is 9.43. The van der Waals surface area contributed by atoms with E-state index >= 15 is 0 Å². The van der Waals surface area contributed by atoms with Crippen LogP contribution in [0.2, 0.25) is 0 Å². The van der Waals surface area contributed by atoms with Crippen molar-refractivity contribution >= 4 is 33.1 Å². The molecule has 1 saturated carbocycles. The third-order valence-corrected chi connectivity index (χ3v) is 7.92. The molecule has 1 spiro atoms. The molecule has 2 N–H and O–H groups in total. The first-order valence-corrected chi connectivity index (χ1v) is 12.1. The molecule has 1 aromatic carbocycles. The van der Waals surface area contributed by atoms with Gasteiger partial charge in [-0.3, -0.25) is 5.10 Å². The maximum absolute atomic E-state index is 12.8. The number of hydrogen-bond acceptors (Lipinski definition) is 6. The van der Waals surface area contributed by atoms with Gasteiger partial charge in [0.2, 0.25) is 0 Å². The molecule has 0 amide bonds. The molecule has 1 aliphatic heterocycles. The number of benzene rings is 1. The SMILES string of the molecule is FC(F)(F)Cc1cc2c(N3CC4(CC[C@H](Nc5ccc(-c6cn[nH]c6)cc5)C4)C3)ncnc2s1. The number of alkyl halides is 3. The van der Waals surface area contributed by atoms with Gasteiger partial charge in [-0.15, -0.1) is 11.3 Å². The third-order valence-electron chi connectivity index (χ3n) is 6.88. The Morgan fingerprint density at radius 2 is 1.97 bits per heavy atom. The summed E-state index contributed by atoms with van der Waals surface area (Å²) in [6.45, 7) is 1.75. The van der Waals surface area contributed by atoms with Crippen LogP contribution in [0.4, 0.5) is 24.7 Å². The summed E-state index contributed by atoms with van der Waals surface area (Å²) in [5.41, 5.74) is 3.53. The Kier molecular flexibility index (Phi) is 5.02. The predicted molar refractivity (Wildman–Crippen MR) is 127 cm³/mol. The fraction of sp³-hybridized carbons (Fsp3) is 0.375. The number of anilines is 2. The van der Waals surface area contributed by atoms with E-state index in [0.717, 1.165) is 71.7 Å². The van der Waals surface area contributed by atoms with Gasteiger partial charge in [0.05, 0.1) is 18.0 Å². The summed E-state index contributed by atoms with van der Waals surface area (Å²) in [6, 6.07) is 10.4. The van der Waals surface area contributed by atoms with Crippen LogP contribution < -0.4 is 10.2 Å². The number of nitrogens with zero attached hydrogens (tertiary/aromatic N) is 4. The second kappa shape index (κ2) is 7.97. The van der Waals surface area contributed by atoms with Gasteiger partial charge in [-0.1, -0.05) is 12.1 Å². The lowest BCUT2D eigenvalue weighted by Gasteiger charge is -2.49. The molecule has 1 aliphatic carbocycles. The van der Waals surface area contributed by atoms with Crippen molar-refractivity contribution in [2.75, 3.05) is 23.3 Å². The second-order valence-corrected chi connectivity index (χ2v) is 10.5. The molecule has 6 rings (SSSR count). The van der Waals surface area contributed by atoms with Gasteiger partial charge in [0.15, 0.2) is 0 Å². The van der Waals surface area contributed by atoms with Gasteiger partial charge in [0.1, 0.15) is 17.0 Å². The average molecular weight is 485 g/mol. The fourth-order valence-electron chi connectivity index (χ4n) is 5.36. The van der Waals surface area contributed by atoms with E-state index in [-0.39, 0.29) is 10.3 Å². The van der Waals surface area contributed by atoms with Crippen molar-refractivity contribution in [3.05, 3.63) is 53.9 Å². The van der Waals surface area contributed by atoms with E-state index in [1.165, 1.54) is 6.33 Å². The van der Waals surface area contributed by atoms with Crippen molar-refractivity contribution in [2.45, 2.75) is 37.9 Å². The van der Waals surface area contributed by atoms with Gasteiger partial charge in [0, 0.05) is 46.9 Å². The van der Waals surface area contributed by atoms with Crippen molar-refractivity contribution in [3.8, 4) is 11.1 Å². The van der Waals surface area contributed by atoms with Crippen LogP contribution in [0.3, 0.4) is 0 Å². The van der Waals surface area contributed by atoms with Crippen molar-refractivity contribution in [1.82, 2.24) is 20.2 Å². The molecule has 1 saturated heterocycles. The zero-order valence-corrected chi connectivity index (χ0v) is 19.1. The summed E-state index contributed by atoms with van der Waals surface area (Å²) in [5.74, 6) is 0.756. The quantitative estimate of drug-likeness (QED) is 0.383. The molecule has 176 valence electrons. The van der Waals surface area contributed by atoms with Crippen LogP contribution in [-0.4, -0.2) is 45.5 Å². The Labute approximate surface area is 198 Å². The molecule has 6 nitrogen and oxygen atoms in total. The largest absolute Gasteiger partial charge is 0.393 e. The molecule has 0 unspecified atom stereocenters. The molecule has 1 atom stereocenters. The maximum Gasteiger partial charge on any atom is 0.393 e. The molecule has 10 heteroatoms. The Hall–Kier alpha value is -3.14. The molecule has 0 radical (unpaired) electrons. The lowest BCUT2D eigenvalue weighted by atomic mass is 9.78. The zero-order chi connectivity index (χ0) is 23.3. The van der Waals surface area contributed by atoms with Crippen molar-refractivity contribution in [1.29, 1.82) is 0 Å². The van der Waals surface area contributed by atoms with Crippen LogP contribution in [0.15, 0.2) is 49.1 Å². The third kappa shape index (κ3) is 4.11. The van der Waals surface area contributed by atoms with Crippen molar-refractivity contribution in [2.24, 2.45) is 5.41 Å². The van der Waals surface area contributed by atoms with Gasteiger partial charge < -0.3 is 10.2 Å². The number of thiophene rings is 1. The van der Waals surface area contributed by atoms with Gasteiger partial charge in [-0.05, 0) is 43.0 Å². The van der Waals surface area contributed by atoms with Gasteiger partial charge in [-0.2, -0.15) is 18.3 Å². The highest BCUT2D eigenvalue weighted by Gasteiger charge is 2.49. The Morgan fingerprint density at radius 1 is 1.15 bits per heavy atom. The number of rotatable bonds is 5. The number of aromatic amines is 1. The van der Waals surface area contributed by atoms with Gasteiger partial charge in [-0.25, -0.2) is 9.97 Å². The molecule has 2 aliphatic rings. The van der Waals surface area contributed by atoms with Crippen molar-refractivity contribution < 1.29 is 13.2 Å². The van der Waals surface area contributed by atoms with Crippen LogP contribution in [0.25, 0.3) is 21.3 Å². The van der Waals surface area contributed by atoms with E-state index in [2.05, 4.69) is 54.6 Å². The highest BCUT2D eigenvalue weighted by Crippen LogP contribution is 2.48. The first-order chi connectivity index (χ1) is 16.4. The summed E-state index contributed by atoms with van der Waals surface area (Å²) in [4.78, 5) is 11.7. The molecule has 4 heterocycles. The minimum atomic E-state index is -4.22. The number of hydrogen-bond donors (Lipinski definition) is 2. The summed E-state index contributed by atoms with van der Waals surface area (Å²) in [5, 5.41) is 11.2. The Bertz CT molecular complexity index is 1290. The minimum Gasteiger partial charge on any atom is -0.382 e. The first kappa shape index (κ1) is 21.4. The van der Waals surface area contributed by atoms with Crippen LogP contribution in [-0.2, 0) is 6.42 Å². The topological polar surface area (TPSA) is 69.7 Å². The first-order valence-electron chi connectivity index (χ1n) is 11.3. The van der Waals surface area contributed by atoms with E-state index in [9.17, 15) is 13.2 Å². The van der Waals surface area contributed by atoms with E-state index in [1.54, 1.807) is 6.07 Å². The van der Waals surface area contributed by atoms with Crippen LogP contribution in [0.1, 0.15) is 24.1 Å². The van der Waals surface area contributed by atoms with Crippen LogP contribution >= 0.6 is 11.3 Å². The number of aromatic nitrogens is 4. The maximum atomic E-state index is 12.8. The predicted octanol–water partition coefficient (Wildman–Crippen LogP) is 5.66. The smallest absolute Gasteiger partial charge is 0.382 e. The number of fused-ring (bicyclic) bond motifs is 1. The fourth-order valence-corrected chi connectivity index (χ4v) is 6.38. The molecule has 2 fully saturated rings. The van der Waals surface area contributed by atoms with Crippen LogP contribution in [0.5, 0.6) is 0 Å². The summed E-state index contributed by atoms with van der Waals surface area (Å²) >= 11 is 1.10. The Morgan fingerprint density at radius 3 is 2.71 bits per heavy atom. The molecular formula is C24H23F3N6S. The van der Waals surface area contributed by atoms with Gasteiger partial charge >= 0.3 is 6.18 Å². The summed E-state index contributed by atoms with van der Waals surface area (Å²) in [6.07, 6.45) is 3.31. The lowest BCUT2D eigenvalue weighted by Crippen LogP contribution is -2.56. The molecule has 0 bridgehead atoms. The normalized spacial score (nSPS) is 19.6. The van der Waals surface area contributed by atoms with Gasteiger partial charge in [0.25, 0.3) is 0 Å². The van der Waals surface area contributed by atoms with E-state index < -0.39 is 12.6 Å². The number of halogens is 3. The van der Waals surface area contributed by atoms with E-state index in [4.69, 9.17) is 0 Å². The number of H-pyrrole nitrogens is 1. The minimum absolute atomic E-state index is 0.233. The standard InChI is InChI=1S/C24H23F3N6S/c25-24(26,27)9-19-7-20-21(28-14-29-22(20)34-19)33-12-23(13-33)6-5-18(8-23)32-17-3-1-15(2-4-17)16-10-30-31-11-16/h1-4,7,10-11,14,18,32H,5-6,8-9,12-13H2,(H,30,31)/t18-/m0/s1. The summed E-state index contributed by atoms with van der Waals surface area (Å²) in [7, 11) is 0. The highest BCUT2D eigenvalue weighted by atomic mass is 32.1. The number of nitrogens with one attached hydrogen (secondary N) is 2. The zero-order valence-electron chi connectivity index (χ0n) is 18.3. The average Bonchev–Trinajstić information content (AvgIpc) is 3.51. The van der Waals surface area contributed by atoms with E-state index in [1.807, 2.05) is 12.4 Å². The molecule has 4 aromatic rings. The van der Waals surface area contributed by atoms with Crippen molar-refractivity contribution in [3.63, 3.8) is 0 Å². The van der Waals surface area contributed by atoms with E-state index in [0.29, 0.717) is 10.9 Å². The molecule has 3 aromatic heterocycles.